The lowest BCUT2D eigenvalue weighted by Crippen LogP contribution is -2.20. The summed E-state index contributed by atoms with van der Waals surface area (Å²) in [6, 6.07) is 3.91. The normalized spacial score (nSPS) is 12.5. The van der Waals surface area contributed by atoms with Crippen molar-refractivity contribution in [1.82, 2.24) is 4.98 Å². The molecule has 0 aliphatic heterocycles. The Balaban J connectivity index is 2.45. The van der Waals surface area contributed by atoms with E-state index in [2.05, 4.69) is 11.6 Å². The second kappa shape index (κ2) is 4.74. The zero-order chi connectivity index (χ0) is 9.68. The van der Waals surface area contributed by atoms with Crippen LogP contribution in [0, 0.1) is 6.92 Å². The van der Waals surface area contributed by atoms with Crippen LogP contribution in [0.1, 0.15) is 11.3 Å². The van der Waals surface area contributed by atoms with Gasteiger partial charge >= 0.3 is 0 Å². The molecule has 3 nitrogen and oxygen atoms in total. The van der Waals surface area contributed by atoms with E-state index in [0.717, 1.165) is 11.3 Å². The summed E-state index contributed by atoms with van der Waals surface area (Å²) in [6.45, 7) is 5.94. The van der Waals surface area contributed by atoms with Gasteiger partial charge in [-0.05, 0) is 24.6 Å². The molecule has 0 saturated carbocycles. The van der Waals surface area contributed by atoms with Gasteiger partial charge in [-0.15, -0.1) is 0 Å². The van der Waals surface area contributed by atoms with Gasteiger partial charge in [-0.25, -0.2) is 0 Å². The zero-order valence-electron chi connectivity index (χ0n) is 7.73. The molecular formula is C10H14N2O. The molecule has 1 unspecified atom stereocenters. The van der Waals surface area contributed by atoms with Crippen molar-refractivity contribution in [3.8, 4) is 0 Å². The van der Waals surface area contributed by atoms with Gasteiger partial charge in [0, 0.05) is 11.9 Å². The third-order valence-electron chi connectivity index (χ3n) is 1.65. The number of rotatable bonds is 4. The summed E-state index contributed by atoms with van der Waals surface area (Å²) in [5.74, 6) is 0. The fourth-order valence-electron chi connectivity index (χ4n) is 0.844. The number of hydrogen-bond donors (Lipinski definition) is 1. The van der Waals surface area contributed by atoms with Crippen LogP contribution >= 0.6 is 0 Å². The zero-order valence-corrected chi connectivity index (χ0v) is 7.73. The molecule has 0 saturated heterocycles. The molecule has 1 atom stereocenters. The van der Waals surface area contributed by atoms with E-state index >= 15 is 0 Å². The molecule has 1 aromatic rings. The van der Waals surface area contributed by atoms with Crippen LogP contribution in [0.5, 0.6) is 0 Å². The smallest absolute Gasteiger partial charge is 0.125 e. The summed E-state index contributed by atoms with van der Waals surface area (Å²) < 4.78 is 5.24. The van der Waals surface area contributed by atoms with Crippen LogP contribution < -0.4 is 5.73 Å². The Kier molecular flexibility index (Phi) is 3.61. The van der Waals surface area contributed by atoms with Gasteiger partial charge in [-0.1, -0.05) is 12.6 Å². The first-order chi connectivity index (χ1) is 6.22. The number of nitrogens with zero attached hydrogens (tertiary/aromatic N) is 1. The molecule has 0 amide bonds. The maximum absolute atomic E-state index is 5.49. The monoisotopic (exact) mass is 178 g/mol. The first-order valence-electron chi connectivity index (χ1n) is 4.13. The molecule has 13 heavy (non-hydrogen) atoms. The largest absolute Gasteiger partial charge is 0.355 e. The average molecular weight is 178 g/mol. The topological polar surface area (TPSA) is 48.1 Å². The van der Waals surface area contributed by atoms with Crippen molar-refractivity contribution in [2.45, 2.75) is 19.8 Å². The van der Waals surface area contributed by atoms with Crippen molar-refractivity contribution < 1.29 is 4.74 Å². The van der Waals surface area contributed by atoms with Gasteiger partial charge in [0.15, 0.2) is 0 Å². The first-order valence-corrected chi connectivity index (χ1v) is 4.13. The summed E-state index contributed by atoms with van der Waals surface area (Å²) in [5, 5.41) is 0. The highest BCUT2D eigenvalue weighted by Gasteiger charge is 1.97. The van der Waals surface area contributed by atoms with Crippen molar-refractivity contribution in [3.63, 3.8) is 0 Å². The van der Waals surface area contributed by atoms with Crippen LogP contribution in [-0.4, -0.2) is 11.2 Å². The minimum Gasteiger partial charge on any atom is -0.355 e. The number of hydrogen-bond acceptors (Lipinski definition) is 3. The van der Waals surface area contributed by atoms with Crippen molar-refractivity contribution in [1.29, 1.82) is 0 Å². The SMILES string of the molecule is C=CC(N)OCc1ccc(C)nc1. The Hall–Kier alpha value is -1.19. The molecular weight excluding hydrogens is 164 g/mol. The lowest BCUT2D eigenvalue weighted by Gasteiger charge is -2.07. The minimum atomic E-state index is -0.402. The molecule has 3 heteroatoms. The van der Waals surface area contributed by atoms with Crippen LogP contribution in [0.2, 0.25) is 0 Å². The minimum absolute atomic E-state index is 0.402. The average Bonchev–Trinajstić information content (AvgIpc) is 2.16. The van der Waals surface area contributed by atoms with E-state index in [1.54, 1.807) is 12.3 Å². The Bertz CT molecular complexity index is 269. The van der Waals surface area contributed by atoms with Crippen molar-refractivity contribution in [2.75, 3.05) is 0 Å². The van der Waals surface area contributed by atoms with Crippen molar-refractivity contribution >= 4 is 0 Å². The highest BCUT2D eigenvalue weighted by molar-refractivity contribution is 5.12. The van der Waals surface area contributed by atoms with Crippen LogP contribution in [0.4, 0.5) is 0 Å². The van der Waals surface area contributed by atoms with E-state index in [4.69, 9.17) is 10.5 Å². The number of aromatic nitrogens is 1. The van der Waals surface area contributed by atoms with Crippen LogP contribution in [-0.2, 0) is 11.3 Å². The van der Waals surface area contributed by atoms with Crippen molar-refractivity contribution in [2.24, 2.45) is 5.73 Å². The fraction of sp³-hybridized carbons (Fsp3) is 0.300. The predicted octanol–water partition coefficient (Wildman–Crippen LogP) is 1.38. The Morgan fingerprint density at radius 1 is 1.69 bits per heavy atom. The van der Waals surface area contributed by atoms with Crippen LogP contribution in [0.3, 0.4) is 0 Å². The second-order valence-electron chi connectivity index (χ2n) is 2.82. The molecule has 0 aliphatic rings. The van der Waals surface area contributed by atoms with E-state index in [9.17, 15) is 0 Å². The van der Waals surface area contributed by atoms with Crippen molar-refractivity contribution in [3.05, 3.63) is 42.2 Å². The highest BCUT2D eigenvalue weighted by Crippen LogP contribution is 2.01. The molecule has 0 aromatic carbocycles. The molecule has 2 N–H and O–H groups in total. The molecule has 0 aliphatic carbocycles. The summed E-state index contributed by atoms with van der Waals surface area (Å²) >= 11 is 0. The van der Waals surface area contributed by atoms with E-state index in [0.29, 0.717) is 6.61 Å². The molecule has 1 heterocycles. The lowest BCUT2D eigenvalue weighted by molar-refractivity contribution is 0.0764. The van der Waals surface area contributed by atoms with E-state index < -0.39 is 6.23 Å². The molecule has 0 spiro atoms. The van der Waals surface area contributed by atoms with E-state index in [1.807, 2.05) is 19.1 Å². The van der Waals surface area contributed by atoms with Gasteiger partial charge in [0.05, 0.1) is 6.61 Å². The fourth-order valence-corrected chi connectivity index (χ4v) is 0.844. The molecule has 0 fully saturated rings. The summed E-state index contributed by atoms with van der Waals surface area (Å²) in [4.78, 5) is 4.14. The molecule has 1 rings (SSSR count). The quantitative estimate of drug-likeness (QED) is 0.559. The van der Waals surface area contributed by atoms with Gasteiger partial charge in [0.2, 0.25) is 0 Å². The Labute approximate surface area is 78.2 Å². The number of ether oxygens (including phenoxy) is 1. The lowest BCUT2D eigenvalue weighted by atomic mass is 10.3. The van der Waals surface area contributed by atoms with Gasteiger partial charge in [-0.3, -0.25) is 4.98 Å². The van der Waals surface area contributed by atoms with Crippen LogP contribution in [0.15, 0.2) is 31.0 Å². The summed E-state index contributed by atoms with van der Waals surface area (Å²) in [5.41, 5.74) is 7.50. The summed E-state index contributed by atoms with van der Waals surface area (Å²) in [7, 11) is 0. The molecule has 1 aromatic heterocycles. The number of pyridine rings is 1. The third kappa shape index (κ3) is 3.36. The standard InChI is InChI=1S/C10H14N2O/c1-3-10(11)13-7-9-5-4-8(2)12-6-9/h3-6,10H,1,7,11H2,2H3. The summed E-state index contributed by atoms with van der Waals surface area (Å²) in [6.07, 6.45) is 2.94. The van der Waals surface area contributed by atoms with Gasteiger partial charge in [-0.2, -0.15) is 0 Å². The first kappa shape index (κ1) is 9.89. The van der Waals surface area contributed by atoms with Gasteiger partial charge < -0.3 is 10.5 Å². The maximum atomic E-state index is 5.49. The molecule has 0 bridgehead atoms. The van der Waals surface area contributed by atoms with Crippen LogP contribution in [0.25, 0.3) is 0 Å². The van der Waals surface area contributed by atoms with E-state index in [1.165, 1.54) is 0 Å². The molecule has 70 valence electrons. The molecule has 0 radical (unpaired) electrons. The number of aryl methyl sites for hydroxylation is 1. The third-order valence-corrected chi connectivity index (χ3v) is 1.65. The second-order valence-corrected chi connectivity index (χ2v) is 2.82. The maximum Gasteiger partial charge on any atom is 0.125 e. The Morgan fingerprint density at radius 2 is 2.46 bits per heavy atom. The Morgan fingerprint density at radius 3 is 3.00 bits per heavy atom. The van der Waals surface area contributed by atoms with Gasteiger partial charge in [0.25, 0.3) is 0 Å². The van der Waals surface area contributed by atoms with E-state index in [-0.39, 0.29) is 0 Å². The van der Waals surface area contributed by atoms with Gasteiger partial charge in [0.1, 0.15) is 6.23 Å². The predicted molar refractivity (Wildman–Crippen MR) is 51.9 cm³/mol. The number of nitrogens with two attached hydrogens (primary N) is 1. The highest BCUT2D eigenvalue weighted by atomic mass is 16.5.